The zero-order valence-electron chi connectivity index (χ0n) is 18.5. The van der Waals surface area contributed by atoms with Crippen LogP contribution in [-0.4, -0.2) is 48.7 Å². The summed E-state index contributed by atoms with van der Waals surface area (Å²) in [6, 6.07) is 14.4. The van der Waals surface area contributed by atoms with Crippen LogP contribution >= 0.6 is 11.8 Å². The molecule has 6 nitrogen and oxygen atoms in total. The minimum atomic E-state index is -0.115. The Labute approximate surface area is 194 Å². The molecule has 0 spiro atoms. The number of amides is 1. The lowest BCUT2D eigenvalue weighted by atomic mass is 9.85. The molecule has 2 saturated heterocycles. The lowest BCUT2D eigenvalue weighted by Gasteiger charge is -2.39. The lowest BCUT2D eigenvalue weighted by Crippen LogP contribution is -2.48. The van der Waals surface area contributed by atoms with E-state index in [1.54, 1.807) is 11.8 Å². The fourth-order valence-electron chi connectivity index (χ4n) is 4.87. The highest BCUT2D eigenvalue weighted by Crippen LogP contribution is 2.42. The van der Waals surface area contributed by atoms with Crippen LogP contribution in [0.3, 0.4) is 0 Å². The SMILES string of the molecule is C[C@H]1CCCC[C@@H]1N1C(=O)/C(=C/c2ccc(N3CCOCC3)o2)SC1Nc1ccccc1. The minimum absolute atomic E-state index is 0.103. The average molecular weight is 454 g/mol. The maximum absolute atomic E-state index is 13.6. The van der Waals surface area contributed by atoms with Crippen molar-refractivity contribution >= 4 is 35.3 Å². The Kier molecular flexibility index (Phi) is 6.46. The van der Waals surface area contributed by atoms with Crippen molar-refractivity contribution in [3.05, 3.63) is 53.1 Å². The number of rotatable bonds is 5. The second-order valence-electron chi connectivity index (χ2n) is 8.81. The van der Waals surface area contributed by atoms with Gasteiger partial charge in [-0.3, -0.25) is 4.79 Å². The summed E-state index contributed by atoms with van der Waals surface area (Å²) in [4.78, 5) is 18.6. The highest BCUT2D eigenvalue weighted by atomic mass is 32.2. The number of hydrogen-bond acceptors (Lipinski definition) is 6. The molecule has 3 heterocycles. The maximum Gasteiger partial charge on any atom is 0.263 e. The van der Waals surface area contributed by atoms with E-state index in [1.165, 1.54) is 19.3 Å². The number of ether oxygens (including phenoxy) is 1. The van der Waals surface area contributed by atoms with Gasteiger partial charge in [0.2, 0.25) is 0 Å². The van der Waals surface area contributed by atoms with E-state index < -0.39 is 0 Å². The van der Waals surface area contributed by atoms with Crippen LogP contribution in [0.1, 0.15) is 38.4 Å². The predicted octanol–water partition coefficient (Wildman–Crippen LogP) is 5.01. The zero-order chi connectivity index (χ0) is 21.9. The predicted molar refractivity (Wildman–Crippen MR) is 129 cm³/mol. The Morgan fingerprint density at radius 1 is 1.06 bits per heavy atom. The van der Waals surface area contributed by atoms with Crippen LogP contribution < -0.4 is 10.2 Å². The molecule has 1 N–H and O–H groups in total. The third kappa shape index (κ3) is 4.55. The quantitative estimate of drug-likeness (QED) is 0.643. The summed E-state index contributed by atoms with van der Waals surface area (Å²) in [6.45, 7) is 5.37. The van der Waals surface area contributed by atoms with Gasteiger partial charge in [-0.15, -0.1) is 0 Å². The number of anilines is 2. The van der Waals surface area contributed by atoms with E-state index in [0.29, 0.717) is 19.1 Å². The second kappa shape index (κ2) is 9.63. The molecule has 3 fully saturated rings. The van der Waals surface area contributed by atoms with Crippen molar-refractivity contribution in [2.24, 2.45) is 5.92 Å². The van der Waals surface area contributed by atoms with Gasteiger partial charge in [-0.2, -0.15) is 0 Å². The van der Waals surface area contributed by atoms with Crippen molar-refractivity contribution < 1.29 is 13.9 Å². The van der Waals surface area contributed by atoms with Gasteiger partial charge in [0.05, 0.1) is 18.1 Å². The fourth-order valence-corrected chi connectivity index (χ4v) is 6.06. The smallest absolute Gasteiger partial charge is 0.263 e. The van der Waals surface area contributed by atoms with Gasteiger partial charge in [0.1, 0.15) is 5.76 Å². The molecule has 7 heteroatoms. The summed E-state index contributed by atoms with van der Waals surface area (Å²) in [6.07, 6.45) is 6.59. The summed E-state index contributed by atoms with van der Waals surface area (Å²) in [7, 11) is 0. The molecule has 1 aliphatic carbocycles. The van der Waals surface area contributed by atoms with Gasteiger partial charge in [-0.1, -0.05) is 49.7 Å². The van der Waals surface area contributed by atoms with E-state index in [2.05, 4.69) is 34.2 Å². The maximum atomic E-state index is 13.6. The van der Waals surface area contributed by atoms with E-state index in [1.807, 2.05) is 36.4 Å². The monoisotopic (exact) mass is 453 g/mol. The summed E-state index contributed by atoms with van der Waals surface area (Å²) in [5.41, 5.74) is 0.912. The van der Waals surface area contributed by atoms with Crippen LogP contribution in [-0.2, 0) is 9.53 Å². The lowest BCUT2D eigenvalue weighted by molar-refractivity contribution is -0.129. The second-order valence-corrected chi connectivity index (χ2v) is 9.93. The largest absolute Gasteiger partial charge is 0.441 e. The molecule has 1 amide bonds. The van der Waals surface area contributed by atoms with Crippen molar-refractivity contribution in [2.45, 2.75) is 44.1 Å². The number of nitrogens with one attached hydrogen (secondary N) is 1. The van der Waals surface area contributed by atoms with E-state index in [0.717, 1.165) is 41.7 Å². The number of carbonyl (C=O) groups excluding carboxylic acids is 1. The van der Waals surface area contributed by atoms with Gasteiger partial charge in [0, 0.05) is 37.0 Å². The molecule has 3 aliphatic rings. The van der Waals surface area contributed by atoms with Crippen molar-refractivity contribution in [1.82, 2.24) is 4.90 Å². The highest BCUT2D eigenvalue weighted by molar-refractivity contribution is 8.05. The number of nitrogens with zero attached hydrogens (tertiary/aromatic N) is 2. The molecular weight excluding hydrogens is 422 g/mol. The first-order valence-electron chi connectivity index (χ1n) is 11.6. The van der Waals surface area contributed by atoms with Gasteiger partial charge in [0.15, 0.2) is 11.4 Å². The third-order valence-electron chi connectivity index (χ3n) is 6.63. The molecule has 1 saturated carbocycles. The van der Waals surface area contributed by atoms with E-state index >= 15 is 0 Å². The number of hydrogen-bond donors (Lipinski definition) is 1. The fraction of sp³-hybridized carbons (Fsp3) is 0.480. The normalized spacial score (nSPS) is 27.8. The summed E-state index contributed by atoms with van der Waals surface area (Å²) in [5.74, 6) is 2.17. The van der Waals surface area contributed by atoms with E-state index in [-0.39, 0.29) is 17.4 Å². The minimum Gasteiger partial charge on any atom is -0.441 e. The molecule has 32 heavy (non-hydrogen) atoms. The van der Waals surface area contributed by atoms with Crippen LogP contribution in [0.25, 0.3) is 6.08 Å². The molecule has 1 aromatic carbocycles. The first-order chi connectivity index (χ1) is 15.7. The molecule has 3 atom stereocenters. The molecule has 0 radical (unpaired) electrons. The molecule has 2 aliphatic heterocycles. The zero-order valence-corrected chi connectivity index (χ0v) is 19.4. The van der Waals surface area contributed by atoms with Crippen LogP contribution in [0.2, 0.25) is 0 Å². The summed E-state index contributed by atoms with van der Waals surface area (Å²) in [5, 5.41) is 3.59. The number of furan rings is 1. The van der Waals surface area contributed by atoms with Crippen molar-refractivity contribution in [1.29, 1.82) is 0 Å². The van der Waals surface area contributed by atoms with Crippen LogP contribution in [0.15, 0.2) is 51.8 Å². The van der Waals surface area contributed by atoms with Crippen LogP contribution in [0.4, 0.5) is 11.6 Å². The number of morpholine rings is 1. The number of para-hydroxylation sites is 1. The van der Waals surface area contributed by atoms with Gasteiger partial charge in [-0.05, 0) is 37.0 Å². The van der Waals surface area contributed by atoms with E-state index in [4.69, 9.17) is 9.15 Å². The number of carbonyl (C=O) groups is 1. The first-order valence-corrected chi connectivity index (χ1v) is 12.5. The summed E-state index contributed by atoms with van der Waals surface area (Å²) >= 11 is 1.59. The van der Waals surface area contributed by atoms with Crippen LogP contribution in [0.5, 0.6) is 0 Å². The van der Waals surface area contributed by atoms with Gasteiger partial charge < -0.3 is 24.3 Å². The van der Waals surface area contributed by atoms with Crippen molar-refractivity contribution in [3.8, 4) is 0 Å². The molecule has 1 unspecified atom stereocenters. The number of thioether (sulfide) groups is 1. The van der Waals surface area contributed by atoms with Crippen molar-refractivity contribution in [2.75, 3.05) is 36.5 Å². The van der Waals surface area contributed by atoms with Gasteiger partial charge in [0.25, 0.3) is 5.91 Å². The molecule has 2 aromatic rings. The number of benzene rings is 1. The third-order valence-corrected chi connectivity index (χ3v) is 7.75. The average Bonchev–Trinajstić information content (AvgIpc) is 3.41. The van der Waals surface area contributed by atoms with Crippen molar-refractivity contribution in [3.63, 3.8) is 0 Å². The Morgan fingerprint density at radius 3 is 2.62 bits per heavy atom. The Morgan fingerprint density at radius 2 is 1.84 bits per heavy atom. The Balaban J connectivity index is 1.39. The molecular formula is C25H31N3O3S. The van der Waals surface area contributed by atoms with E-state index in [9.17, 15) is 4.79 Å². The molecule has 5 rings (SSSR count). The standard InChI is InChI=1S/C25H31N3O3S/c1-18-7-5-6-10-21(18)28-24(29)22(32-25(28)26-19-8-3-2-4-9-19)17-20-11-12-23(31-20)27-13-15-30-16-14-27/h2-4,8-9,11-12,17-18,21,25-26H,5-7,10,13-16H2,1H3/b22-17-/t18-,21-,25?/m0/s1. The Bertz CT molecular complexity index is 954. The van der Waals surface area contributed by atoms with Gasteiger partial charge >= 0.3 is 0 Å². The van der Waals surface area contributed by atoms with Gasteiger partial charge in [-0.25, -0.2) is 0 Å². The van der Waals surface area contributed by atoms with Crippen LogP contribution in [0, 0.1) is 5.92 Å². The summed E-state index contributed by atoms with van der Waals surface area (Å²) < 4.78 is 11.5. The molecule has 0 bridgehead atoms. The Hall–Kier alpha value is -2.38. The highest BCUT2D eigenvalue weighted by Gasteiger charge is 2.43. The first kappa shape index (κ1) is 21.5. The topological polar surface area (TPSA) is 58.0 Å². The molecule has 1 aromatic heterocycles. The molecule has 170 valence electrons.